The minimum atomic E-state index is -4.45. The number of hydrogen-bond acceptors (Lipinski definition) is 2. The van der Waals surface area contributed by atoms with Gasteiger partial charge in [-0.3, -0.25) is 0 Å². The fourth-order valence-corrected chi connectivity index (χ4v) is 2.94. The van der Waals surface area contributed by atoms with Gasteiger partial charge in [-0.25, -0.2) is 4.79 Å². The highest BCUT2D eigenvalue weighted by Crippen LogP contribution is 2.30. The molecule has 0 aliphatic carbocycles. The van der Waals surface area contributed by atoms with Crippen LogP contribution in [0.25, 0.3) is 0 Å². The number of benzene rings is 2. The molecule has 1 unspecified atom stereocenters. The molecule has 2 amide bonds. The van der Waals surface area contributed by atoms with Crippen LogP contribution < -0.4 is 15.4 Å². The van der Waals surface area contributed by atoms with Gasteiger partial charge in [0.1, 0.15) is 5.75 Å². The van der Waals surface area contributed by atoms with Gasteiger partial charge in [-0.15, -0.1) is 0 Å². The number of nitrogens with one attached hydrogen (secondary N) is 2. The van der Waals surface area contributed by atoms with Crippen LogP contribution in [0.2, 0.25) is 0 Å². The average Bonchev–Trinajstić information content (AvgIpc) is 3.01. The molecular weight excluding hydrogens is 345 g/mol. The molecule has 4 nitrogen and oxygen atoms in total. The Morgan fingerprint density at radius 1 is 1.23 bits per heavy atom. The first-order valence-electron chi connectivity index (χ1n) is 8.30. The van der Waals surface area contributed by atoms with Crippen molar-refractivity contribution >= 4 is 11.7 Å². The van der Waals surface area contributed by atoms with Gasteiger partial charge >= 0.3 is 12.2 Å². The number of anilines is 1. The lowest BCUT2D eigenvalue weighted by Gasteiger charge is -2.16. The molecule has 3 rings (SSSR count). The number of rotatable bonds is 4. The predicted octanol–water partition coefficient (Wildman–Crippen LogP) is 4.39. The lowest BCUT2D eigenvalue weighted by molar-refractivity contribution is -0.137. The second kappa shape index (κ2) is 7.27. The van der Waals surface area contributed by atoms with Crippen molar-refractivity contribution in [3.05, 3.63) is 59.2 Å². The fraction of sp³-hybridized carbons (Fsp3) is 0.316. The highest BCUT2D eigenvalue weighted by atomic mass is 19.4. The molecule has 138 valence electrons. The van der Waals surface area contributed by atoms with Crippen molar-refractivity contribution in [3.63, 3.8) is 0 Å². The minimum Gasteiger partial charge on any atom is -0.493 e. The number of halogens is 3. The molecule has 0 saturated carbocycles. The van der Waals surface area contributed by atoms with E-state index in [-0.39, 0.29) is 11.7 Å². The molecule has 1 aliphatic heterocycles. The Labute approximate surface area is 149 Å². The van der Waals surface area contributed by atoms with Gasteiger partial charge in [0.05, 0.1) is 12.2 Å². The van der Waals surface area contributed by atoms with Gasteiger partial charge < -0.3 is 15.4 Å². The van der Waals surface area contributed by atoms with Crippen molar-refractivity contribution in [2.75, 3.05) is 11.9 Å². The molecule has 0 bridgehead atoms. The molecule has 2 N–H and O–H groups in total. The molecule has 0 radical (unpaired) electrons. The maximum atomic E-state index is 12.7. The standard InChI is InChI=1S/C19H19F3N2O2/c1-12(9-13-5-6-17-14(10-13)7-8-26-17)23-18(25)24-16-4-2-3-15(11-16)19(20,21)22/h2-6,10-12H,7-9H2,1H3,(H2,23,24,25). The Hall–Kier alpha value is -2.70. The Balaban J connectivity index is 1.56. The summed E-state index contributed by atoms with van der Waals surface area (Å²) in [5.74, 6) is 0.900. The fourth-order valence-electron chi connectivity index (χ4n) is 2.94. The highest BCUT2D eigenvalue weighted by molar-refractivity contribution is 5.89. The number of urea groups is 1. The number of fused-ring (bicyclic) bond motifs is 1. The first kappa shape index (κ1) is 18.1. The van der Waals surface area contributed by atoms with Crippen molar-refractivity contribution < 1.29 is 22.7 Å². The molecule has 26 heavy (non-hydrogen) atoms. The lowest BCUT2D eigenvalue weighted by Crippen LogP contribution is -2.37. The summed E-state index contributed by atoms with van der Waals surface area (Å²) < 4.78 is 43.6. The van der Waals surface area contributed by atoms with Gasteiger partial charge in [-0.2, -0.15) is 13.2 Å². The van der Waals surface area contributed by atoms with E-state index in [1.807, 2.05) is 19.1 Å². The van der Waals surface area contributed by atoms with E-state index >= 15 is 0 Å². The molecule has 1 aliphatic rings. The largest absolute Gasteiger partial charge is 0.493 e. The summed E-state index contributed by atoms with van der Waals surface area (Å²) in [6.07, 6.45) is -2.96. The summed E-state index contributed by atoms with van der Waals surface area (Å²) in [6, 6.07) is 9.76. The first-order chi connectivity index (χ1) is 12.3. The quantitative estimate of drug-likeness (QED) is 0.845. The summed E-state index contributed by atoms with van der Waals surface area (Å²) in [6.45, 7) is 2.53. The molecule has 1 atom stereocenters. The lowest BCUT2D eigenvalue weighted by atomic mass is 10.0. The third-order valence-electron chi connectivity index (χ3n) is 4.12. The van der Waals surface area contributed by atoms with Crippen LogP contribution in [-0.2, 0) is 19.0 Å². The summed E-state index contributed by atoms with van der Waals surface area (Å²) in [5, 5.41) is 5.18. The zero-order valence-corrected chi connectivity index (χ0v) is 14.2. The van der Waals surface area contributed by atoms with Crippen LogP contribution in [0.5, 0.6) is 5.75 Å². The second-order valence-electron chi connectivity index (χ2n) is 6.32. The molecule has 0 spiro atoms. The summed E-state index contributed by atoms with van der Waals surface area (Å²) >= 11 is 0. The number of amides is 2. The number of carbonyl (C=O) groups excluding carboxylic acids is 1. The zero-order valence-electron chi connectivity index (χ0n) is 14.2. The number of ether oxygens (including phenoxy) is 1. The van der Waals surface area contributed by atoms with Crippen LogP contribution in [0.3, 0.4) is 0 Å². The van der Waals surface area contributed by atoms with Gasteiger partial charge in [0.25, 0.3) is 0 Å². The average molecular weight is 364 g/mol. The number of hydrogen-bond donors (Lipinski definition) is 2. The van der Waals surface area contributed by atoms with Crippen LogP contribution in [0.4, 0.5) is 23.7 Å². The normalized spacial score (nSPS) is 14.3. The Morgan fingerprint density at radius 3 is 2.81 bits per heavy atom. The Morgan fingerprint density at radius 2 is 2.04 bits per heavy atom. The van der Waals surface area contributed by atoms with E-state index in [2.05, 4.69) is 16.7 Å². The summed E-state index contributed by atoms with van der Waals surface area (Å²) in [5.41, 5.74) is 1.52. The van der Waals surface area contributed by atoms with E-state index in [4.69, 9.17) is 4.74 Å². The monoisotopic (exact) mass is 364 g/mol. The number of carbonyl (C=O) groups is 1. The van der Waals surface area contributed by atoms with Crippen molar-refractivity contribution in [2.45, 2.75) is 32.0 Å². The zero-order chi connectivity index (χ0) is 18.7. The molecular formula is C19H19F3N2O2. The van der Waals surface area contributed by atoms with E-state index in [0.717, 1.165) is 35.4 Å². The van der Waals surface area contributed by atoms with Gasteiger partial charge in [0, 0.05) is 18.2 Å². The molecule has 7 heteroatoms. The second-order valence-corrected chi connectivity index (χ2v) is 6.32. The first-order valence-corrected chi connectivity index (χ1v) is 8.30. The SMILES string of the molecule is CC(Cc1ccc2c(c1)CCO2)NC(=O)Nc1cccc(C(F)(F)F)c1. The van der Waals surface area contributed by atoms with Crippen LogP contribution in [0, 0.1) is 0 Å². The molecule has 0 saturated heterocycles. The Bertz CT molecular complexity index is 806. The van der Waals surface area contributed by atoms with E-state index in [1.165, 1.54) is 12.1 Å². The molecule has 0 aromatic heterocycles. The van der Waals surface area contributed by atoms with Crippen LogP contribution in [-0.4, -0.2) is 18.7 Å². The van der Waals surface area contributed by atoms with Crippen molar-refractivity contribution in [1.82, 2.24) is 5.32 Å². The topological polar surface area (TPSA) is 50.4 Å². The summed E-state index contributed by atoms with van der Waals surface area (Å²) in [7, 11) is 0. The maximum Gasteiger partial charge on any atom is 0.416 e. The smallest absolute Gasteiger partial charge is 0.416 e. The van der Waals surface area contributed by atoms with Crippen molar-refractivity contribution in [3.8, 4) is 5.75 Å². The summed E-state index contributed by atoms with van der Waals surface area (Å²) in [4.78, 5) is 12.0. The van der Waals surface area contributed by atoms with Crippen LogP contribution >= 0.6 is 0 Å². The van der Waals surface area contributed by atoms with Gasteiger partial charge in [0.2, 0.25) is 0 Å². The van der Waals surface area contributed by atoms with E-state index in [0.29, 0.717) is 13.0 Å². The van der Waals surface area contributed by atoms with Crippen LogP contribution in [0.15, 0.2) is 42.5 Å². The minimum absolute atomic E-state index is 0.0965. The van der Waals surface area contributed by atoms with Gasteiger partial charge in [0.15, 0.2) is 0 Å². The predicted molar refractivity (Wildman–Crippen MR) is 92.4 cm³/mol. The van der Waals surface area contributed by atoms with E-state index < -0.39 is 17.8 Å². The van der Waals surface area contributed by atoms with Crippen molar-refractivity contribution in [2.24, 2.45) is 0 Å². The molecule has 2 aromatic carbocycles. The van der Waals surface area contributed by atoms with E-state index in [1.54, 1.807) is 0 Å². The highest BCUT2D eigenvalue weighted by Gasteiger charge is 2.30. The van der Waals surface area contributed by atoms with Gasteiger partial charge in [-0.05, 0) is 48.7 Å². The van der Waals surface area contributed by atoms with E-state index in [9.17, 15) is 18.0 Å². The molecule has 2 aromatic rings. The number of alkyl halides is 3. The maximum absolute atomic E-state index is 12.7. The Kier molecular flexibility index (Phi) is 5.06. The van der Waals surface area contributed by atoms with Crippen molar-refractivity contribution in [1.29, 1.82) is 0 Å². The third kappa shape index (κ3) is 4.47. The third-order valence-corrected chi connectivity index (χ3v) is 4.12. The van der Waals surface area contributed by atoms with Crippen LogP contribution in [0.1, 0.15) is 23.6 Å². The molecule has 1 heterocycles. The molecule has 0 fully saturated rings. The van der Waals surface area contributed by atoms with Gasteiger partial charge in [-0.1, -0.05) is 18.2 Å².